The molecule has 0 saturated carbocycles. The molecule has 1 aliphatic rings. The highest BCUT2D eigenvalue weighted by Gasteiger charge is 2.13. The largest absolute Gasteiger partial charge is 0.467 e. The molecule has 1 aromatic rings. The molecule has 8 nitrogen and oxygen atoms in total. The van der Waals surface area contributed by atoms with Gasteiger partial charge in [0.25, 0.3) is 0 Å². The van der Waals surface area contributed by atoms with Crippen molar-refractivity contribution in [3.05, 3.63) is 24.2 Å². The van der Waals surface area contributed by atoms with E-state index in [-0.39, 0.29) is 12.5 Å². The number of aliphatic imine (C=N–C) groups is 1. The molecule has 0 unspecified atom stereocenters. The molecule has 1 aliphatic heterocycles. The zero-order chi connectivity index (χ0) is 18.5. The monoisotopic (exact) mass is 366 g/mol. The van der Waals surface area contributed by atoms with Gasteiger partial charge in [0.2, 0.25) is 5.91 Å². The first-order valence-corrected chi connectivity index (χ1v) is 9.17. The van der Waals surface area contributed by atoms with Gasteiger partial charge < -0.3 is 29.8 Å². The standard InChI is InChI=1S/C18H30N4O4/c1-19-18(22-13-17(23)21-12-16-4-2-9-26-16)20-7-3-8-25-14-15-5-10-24-11-6-15/h2,4,9,15H,3,5-8,10-14H2,1H3,(H,21,23)(H2,19,20,22). The zero-order valence-electron chi connectivity index (χ0n) is 15.5. The molecule has 0 radical (unpaired) electrons. The first kappa shape index (κ1) is 20.3. The Kier molecular flexibility index (Phi) is 9.60. The lowest BCUT2D eigenvalue weighted by atomic mass is 10.0. The third-order valence-corrected chi connectivity index (χ3v) is 4.13. The summed E-state index contributed by atoms with van der Waals surface area (Å²) < 4.78 is 16.2. The van der Waals surface area contributed by atoms with Crippen molar-refractivity contribution in [1.29, 1.82) is 0 Å². The quantitative estimate of drug-likeness (QED) is 0.323. The van der Waals surface area contributed by atoms with Crippen LogP contribution in [0.15, 0.2) is 27.8 Å². The minimum Gasteiger partial charge on any atom is -0.467 e. The average molecular weight is 366 g/mol. The smallest absolute Gasteiger partial charge is 0.239 e. The predicted molar refractivity (Wildman–Crippen MR) is 98.9 cm³/mol. The fraction of sp³-hybridized carbons (Fsp3) is 0.667. The van der Waals surface area contributed by atoms with E-state index < -0.39 is 0 Å². The lowest BCUT2D eigenvalue weighted by Gasteiger charge is -2.21. The highest BCUT2D eigenvalue weighted by molar-refractivity contribution is 5.86. The Morgan fingerprint density at radius 1 is 1.31 bits per heavy atom. The lowest BCUT2D eigenvalue weighted by molar-refractivity contribution is -0.120. The van der Waals surface area contributed by atoms with Gasteiger partial charge in [-0.1, -0.05) is 0 Å². The van der Waals surface area contributed by atoms with E-state index >= 15 is 0 Å². The second-order valence-electron chi connectivity index (χ2n) is 6.19. The van der Waals surface area contributed by atoms with Gasteiger partial charge in [-0.3, -0.25) is 9.79 Å². The number of hydrogen-bond acceptors (Lipinski definition) is 5. The molecule has 26 heavy (non-hydrogen) atoms. The van der Waals surface area contributed by atoms with Gasteiger partial charge in [-0.15, -0.1) is 0 Å². The number of nitrogens with one attached hydrogen (secondary N) is 3. The Hall–Kier alpha value is -2.06. The fourth-order valence-corrected chi connectivity index (χ4v) is 2.59. The van der Waals surface area contributed by atoms with Crippen LogP contribution in [0.3, 0.4) is 0 Å². The Bertz CT molecular complexity index is 527. The number of ether oxygens (including phenoxy) is 2. The maximum Gasteiger partial charge on any atom is 0.239 e. The summed E-state index contributed by atoms with van der Waals surface area (Å²) >= 11 is 0. The van der Waals surface area contributed by atoms with Crippen molar-refractivity contribution in [2.75, 3.05) is 46.6 Å². The lowest BCUT2D eigenvalue weighted by Crippen LogP contribution is -2.43. The molecule has 1 saturated heterocycles. The van der Waals surface area contributed by atoms with Gasteiger partial charge in [0, 0.05) is 40.0 Å². The average Bonchev–Trinajstić information content (AvgIpc) is 3.19. The van der Waals surface area contributed by atoms with Crippen LogP contribution in [0.1, 0.15) is 25.0 Å². The normalized spacial score (nSPS) is 15.7. The molecule has 0 atom stereocenters. The van der Waals surface area contributed by atoms with Crippen LogP contribution < -0.4 is 16.0 Å². The third kappa shape index (κ3) is 8.35. The van der Waals surface area contributed by atoms with Crippen molar-refractivity contribution in [3.63, 3.8) is 0 Å². The first-order chi connectivity index (χ1) is 12.8. The molecular weight excluding hydrogens is 336 g/mol. The second kappa shape index (κ2) is 12.3. The summed E-state index contributed by atoms with van der Waals surface area (Å²) in [5.41, 5.74) is 0. The fourth-order valence-electron chi connectivity index (χ4n) is 2.59. The Balaban J connectivity index is 1.47. The van der Waals surface area contributed by atoms with Crippen molar-refractivity contribution < 1.29 is 18.7 Å². The van der Waals surface area contributed by atoms with Gasteiger partial charge in [0.15, 0.2) is 5.96 Å². The van der Waals surface area contributed by atoms with Crippen LogP contribution in [0, 0.1) is 5.92 Å². The molecule has 0 bridgehead atoms. The van der Waals surface area contributed by atoms with Crippen molar-refractivity contribution >= 4 is 11.9 Å². The number of hydrogen-bond donors (Lipinski definition) is 3. The van der Waals surface area contributed by atoms with E-state index in [0.29, 0.717) is 25.0 Å². The van der Waals surface area contributed by atoms with E-state index in [9.17, 15) is 4.79 Å². The van der Waals surface area contributed by atoms with E-state index in [1.807, 2.05) is 6.07 Å². The number of carbonyl (C=O) groups is 1. The molecule has 3 N–H and O–H groups in total. The number of amides is 1. The topological polar surface area (TPSA) is 97.1 Å². The number of rotatable bonds is 10. The van der Waals surface area contributed by atoms with Crippen molar-refractivity contribution in [2.45, 2.75) is 25.8 Å². The van der Waals surface area contributed by atoms with Gasteiger partial charge >= 0.3 is 0 Å². The number of carbonyl (C=O) groups excluding carboxylic acids is 1. The van der Waals surface area contributed by atoms with Crippen molar-refractivity contribution in [2.24, 2.45) is 10.9 Å². The molecule has 0 spiro atoms. The van der Waals surface area contributed by atoms with Gasteiger partial charge in [-0.2, -0.15) is 0 Å². The van der Waals surface area contributed by atoms with Crippen LogP contribution in [0.5, 0.6) is 0 Å². The predicted octanol–water partition coefficient (Wildman–Crippen LogP) is 0.894. The van der Waals surface area contributed by atoms with E-state index in [4.69, 9.17) is 13.9 Å². The highest BCUT2D eigenvalue weighted by Crippen LogP contribution is 2.14. The Morgan fingerprint density at radius 3 is 2.88 bits per heavy atom. The van der Waals surface area contributed by atoms with E-state index in [0.717, 1.165) is 51.4 Å². The van der Waals surface area contributed by atoms with Crippen molar-refractivity contribution in [3.8, 4) is 0 Å². The van der Waals surface area contributed by atoms with E-state index in [1.165, 1.54) is 0 Å². The maximum absolute atomic E-state index is 11.8. The van der Waals surface area contributed by atoms with Gasteiger partial charge in [0.1, 0.15) is 5.76 Å². The van der Waals surface area contributed by atoms with Crippen molar-refractivity contribution in [1.82, 2.24) is 16.0 Å². The van der Waals surface area contributed by atoms with E-state index in [2.05, 4.69) is 20.9 Å². The highest BCUT2D eigenvalue weighted by atomic mass is 16.5. The molecule has 0 aromatic carbocycles. The summed E-state index contributed by atoms with van der Waals surface area (Å²) in [5, 5.41) is 8.93. The number of furan rings is 1. The maximum atomic E-state index is 11.8. The molecule has 1 amide bonds. The Morgan fingerprint density at radius 2 is 2.15 bits per heavy atom. The molecule has 146 valence electrons. The van der Waals surface area contributed by atoms with Gasteiger partial charge in [-0.05, 0) is 37.3 Å². The van der Waals surface area contributed by atoms with Crippen LogP contribution >= 0.6 is 0 Å². The van der Waals surface area contributed by atoms with Crippen LogP contribution in [-0.2, 0) is 20.8 Å². The van der Waals surface area contributed by atoms with Crippen LogP contribution in [0.25, 0.3) is 0 Å². The molecule has 1 fully saturated rings. The summed E-state index contributed by atoms with van der Waals surface area (Å²) in [5.74, 6) is 1.83. The van der Waals surface area contributed by atoms with Gasteiger partial charge in [0.05, 0.1) is 19.4 Å². The zero-order valence-corrected chi connectivity index (χ0v) is 15.5. The van der Waals surface area contributed by atoms with Crippen LogP contribution in [0.2, 0.25) is 0 Å². The summed E-state index contributed by atoms with van der Waals surface area (Å²) in [6.07, 6.45) is 4.65. The summed E-state index contributed by atoms with van der Waals surface area (Å²) in [6.45, 7) is 4.50. The summed E-state index contributed by atoms with van der Waals surface area (Å²) in [4.78, 5) is 15.9. The molecular formula is C18H30N4O4. The Labute approximate surface area is 154 Å². The van der Waals surface area contributed by atoms with Crippen LogP contribution in [0.4, 0.5) is 0 Å². The number of guanidine groups is 1. The third-order valence-electron chi connectivity index (χ3n) is 4.13. The molecule has 8 heteroatoms. The summed E-state index contributed by atoms with van der Waals surface area (Å²) in [7, 11) is 1.68. The molecule has 1 aromatic heterocycles. The van der Waals surface area contributed by atoms with E-state index in [1.54, 1.807) is 19.4 Å². The SMILES string of the molecule is CN=C(NCCCOCC1CCOCC1)NCC(=O)NCc1ccco1. The minimum atomic E-state index is -0.121. The summed E-state index contributed by atoms with van der Waals surface area (Å²) in [6, 6.07) is 3.61. The van der Waals surface area contributed by atoms with Crippen LogP contribution in [-0.4, -0.2) is 58.4 Å². The second-order valence-corrected chi connectivity index (χ2v) is 6.19. The molecule has 2 rings (SSSR count). The minimum absolute atomic E-state index is 0.121. The van der Waals surface area contributed by atoms with Gasteiger partial charge in [-0.25, -0.2) is 0 Å². The number of nitrogens with zero attached hydrogens (tertiary/aromatic N) is 1. The first-order valence-electron chi connectivity index (χ1n) is 9.17. The molecule has 0 aliphatic carbocycles. The molecule has 2 heterocycles.